The summed E-state index contributed by atoms with van der Waals surface area (Å²) in [5, 5.41) is 12.0. The first-order valence-corrected chi connectivity index (χ1v) is 7.13. The molecule has 1 N–H and O–H groups in total. The van der Waals surface area contributed by atoms with Crippen LogP contribution in [0.1, 0.15) is 28.2 Å². The monoisotopic (exact) mass is 309 g/mol. The van der Waals surface area contributed by atoms with Gasteiger partial charge in [-0.1, -0.05) is 22.9 Å². The van der Waals surface area contributed by atoms with Crippen molar-refractivity contribution in [3.8, 4) is 0 Å². The predicted octanol–water partition coefficient (Wildman–Crippen LogP) is 3.10. The average Bonchev–Trinajstić information content (AvgIpc) is 2.82. The molecule has 20 heavy (non-hydrogen) atoms. The molecule has 0 radical (unpaired) electrons. The fraction of sp³-hybridized carbons (Fsp3) is 0.231. The zero-order chi connectivity index (χ0) is 14.5. The normalized spacial score (nSPS) is 10.3. The van der Waals surface area contributed by atoms with Crippen molar-refractivity contribution >= 4 is 39.8 Å². The first kappa shape index (κ1) is 14.6. The summed E-state index contributed by atoms with van der Waals surface area (Å²) in [6.45, 7) is 1.80. The van der Waals surface area contributed by atoms with Crippen LogP contribution in [-0.2, 0) is 4.79 Å². The maximum absolute atomic E-state index is 11.9. The molecule has 1 aromatic carbocycles. The Hall–Kier alpha value is -1.79. The van der Waals surface area contributed by atoms with Gasteiger partial charge in [0.15, 0.2) is 5.78 Å². The molecule has 0 spiro atoms. The number of nitrogens with one attached hydrogen (secondary N) is 1. The summed E-state index contributed by atoms with van der Waals surface area (Å²) in [5.41, 5.74) is 0.550. The fourth-order valence-electron chi connectivity index (χ4n) is 1.54. The third-order valence-electron chi connectivity index (χ3n) is 2.52. The Morgan fingerprint density at radius 3 is 2.50 bits per heavy atom. The lowest BCUT2D eigenvalue weighted by molar-refractivity contribution is -0.116. The lowest BCUT2D eigenvalue weighted by atomic mass is 10.1. The minimum Gasteiger partial charge on any atom is -0.301 e. The summed E-state index contributed by atoms with van der Waals surface area (Å²) in [5.74, 6) is -0.339. The summed E-state index contributed by atoms with van der Waals surface area (Å²) in [7, 11) is 0. The molecular weight excluding hydrogens is 298 g/mol. The van der Waals surface area contributed by atoms with Crippen LogP contribution in [0.15, 0.2) is 24.3 Å². The second-order valence-electron chi connectivity index (χ2n) is 4.10. The molecule has 0 aliphatic carbocycles. The van der Waals surface area contributed by atoms with Gasteiger partial charge >= 0.3 is 0 Å². The van der Waals surface area contributed by atoms with E-state index in [2.05, 4.69) is 15.5 Å². The number of aryl methyl sites for hydroxylation is 1. The number of Topliss-reactive ketones (excluding diaryl/α,β-unsaturated/α-hetero) is 1. The molecular formula is C13H12ClN3O2S. The number of hydrogen-bond donors (Lipinski definition) is 1. The summed E-state index contributed by atoms with van der Waals surface area (Å²) in [6, 6.07) is 6.60. The Morgan fingerprint density at radius 2 is 1.90 bits per heavy atom. The maximum Gasteiger partial charge on any atom is 0.226 e. The van der Waals surface area contributed by atoms with Gasteiger partial charge in [-0.25, -0.2) is 0 Å². The first-order valence-electron chi connectivity index (χ1n) is 5.93. The number of aromatic nitrogens is 2. The number of halogens is 1. The highest BCUT2D eigenvalue weighted by molar-refractivity contribution is 7.15. The van der Waals surface area contributed by atoms with Crippen molar-refractivity contribution in [3.05, 3.63) is 39.9 Å². The number of anilines is 1. The Morgan fingerprint density at radius 1 is 1.20 bits per heavy atom. The molecule has 2 rings (SSSR count). The minimum atomic E-state index is -0.247. The van der Waals surface area contributed by atoms with Gasteiger partial charge in [-0.3, -0.25) is 9.59 Å². The fourth-order valence-corrected chi connectivity index (χ4v) is 2.27. The van der Waals surface area contributed by atoms with Gasteiger partial charge in [0.2, 0.25) is 11.0 Å². The van der Waals surface area contributed by atoms with Crippen molar-refractivity contribution in [3.63, 3.8) is 0 Å². The summed E-state index contributed by atoms with van der Waals surface area (Å²) in [6.07, 6.45) is 0.255. The highest BCUT2D eigenvalue weighted by atomic mass is 35.5. The Kier molecular flexibility index (Phi) is 4.81. The van der Waals surface area contributed by atoms with Crippen LogP contribution in [0.3, 0.4) is 0 Å². The second-order valence-corrected chi connectivity index (χ2v) is 5.72. The quantitative estimate of drug-likeness (QED) is 0.861. The number of hydrogen-bond acceptors (Lipinski definition) is 5. The third-order valence-corrected chi connectivity index (χ3v) is 3.52. The van der Waals surface area contributed by atoms with E-state index >= 15 is 0 Å². The van der Waals surface area contributed by atoms with Crippen LogP contribution in [0.25, 0.3) is 0 Å². The van der Waals surface area contributed by atoms with Crippen molar-refractivity contribution in [2.24, 2.45) is 0 Å². The maximum atomic E-state index is 11.9. The van der Waals surface area contributed by atoms with Crippen LogP contribution < -0.4 is 5.32 Å². The average molecular weight is 310 g/mol. The second kappa shape index (κ2) is 6.58. The van der Waals surface area contributed by atoms with Crippen molar-refractivity contribution in [2.75, 3.05) is 5.32 Å². The molecule has 0 aliphatic rings. The van der Waals surface area contributed by atoms with E-state index in [9.17, 15) is 9.59 Å². The van der Waals surface area contributed by atoms with E-state index in [1.807, 2.05) is 0 Å². The van der Waals surface area contributed by atoms with E-state index < -0.39 is 0 Å². The van der Waals surface area contributed by atoms with Crippen molar-refractivity contribution < 1.29 is 9.59 Å². The van der Waals surface area contributed by atoms with Gasteiger partial charge in [-0.15, -0.1) is 10.2 Å². The predicted molar refractivity (Wildman–Crippen MR) is 78.3 cm³/mol. The lowest BCUT2D eigenvalue weighted by Gasteiger charge is -2.02. The van der Waals surface area contributed by atoms with Gasteiger partial charge < -0.3 is 5.32 Å². The number of carbonyl (C=O) groups excluding carboxylic acids is 2. The molecule has 7 heteroatoms. The molecule has 0 saturated carbocycles. The van der Waals surface area contributed by atoms with Crippen LogP contribution in [0.5, 0.6) is 0 Å². The van der Waals surface area contributed by atoms with Gasteiger partial charge in [-0.2, -0.15) is 0 Å². The molecule has 0 unspecified atom stereocenters. The van der Waals surface area contributed by atoms with Crippen molar-refractivity contribution in [2.45, 2.75) is 19.8 Å². The molecule has 0 saturated heterocycles. The molecule has 1 heterocycles. The number of amides is 1. The smallest absolute Gasteiger partial charge is 0.226 e. The number of rotatable bonds is 5. The number of ketones is 1. The van der Waals surface area contributed by atoms with E-state index in [0.717, 1.165) is 5.01 Å². The third kappa shape index (κ3) is 4.11. The van der Waals surface area contributed by atoms with Gasteiger partial charge in [0.25, 0.3) is 0 Å². The standard InChI is InChI=1S/C13H12ClN3O2S/c1-8-16-17-13(20-8)15-12(19)7-6-11(18)9-2-4-10(14)5-3-9/h2-5H,6-7H2,1H3,(H,15,17,19). The van der Waals surface area contributed by atoms with E-state index in [4.69, 9.17) is 11.6 Å². The van der Waals surface area contributed by atoms with Gasteiger partial charge in [0.05, 0.1) is 0 Å². The molecule has 104 valence electrons. The van der Waals surface area contributed by atoms with Gasteiger partial charge in [-0.05, 0) is 31.2 Å². The molecule has 0 fully saturated rings. The Bertz CT molecular complexity index is 625. The van der Waals surface area contributed by atoms with Crippen molar-refractivity contribution in [1.29, 1.82) is 0 Å². The number of nitrogens with zero attached hydrogens (tertiary/aromatic N) is 2. The van der Waals surface area contributed by atoms with E-state index in [1.165, 1.54) is 11.3 Å². The van der Waals surface area contributed by atoms with E-state index in [0.29, 0.717) is 15.7 Å². The van der Waals surface area contributed by atoms with Crippen LogP contribution >= 0.6 is 22.9 Å². The molecule has 1 amide bonds. The largest absolute Gasteiger partial charge is 0.301 e. The van der Waals surface area contributed by atoms with E-state index in [-0.39, 0.29) is 24.5 Å². The molecule has 0 atom stereocenters. The van der Waals surface area contributed by atoms with Crippen molar-refractivity contribution in [1.82, 2.24) is 10.2 Å². The highest BCUT2D eigenvalue weighted by Gasteiger charge is 2.11. The van der Waals surface area contributed by atoms with Gasteiger partial charge in [0.1, 0.15) is 5.01 Å². The van der Waals surface area contributed by atoms with Crippen LogP contribution in [-0.4, -0.2) is 21.9 Å². The molecule has 1 aromatic heterocycles. The zero-order valence-electron chi connectivity index (χ0n) is 10.7. The summed E-state index contributed by atoms with van der Waals surface area (Å²) in [4.78, 5) is 23.5. The van der Waals surface area contributed by atoms with Crippen LogP contribution in [0.2, 0.25) is 5.02 Å². The molecule has 2 aromatic rings. The number of benzene rings is 1. The molecule has 0 aliphatic heterocycles. The SMILES string of the molecule is Cc1nnc(NC(=O)CCC(=O)c2ccc(Cl)cc2)s1. The first-order chi connectivity index (χ1) is 9.54. The van der Waals surface area contributed by atoms with Crippen LogP contribution in [0, 0.1) is 6.92 Å². The lowest BCUT2D eigenvalue weighted by Crippen LogP contribution is -2.13. The highest BCUT2D eigenvalue weighted by Crippen LogP contribution is 2.15. The van der Waals surface area contributed by atoms with E-state index in [1.54, 1.807) is 31.2 Å². The topological polar surface area (TPSA) is 72.0 Å². The Labute approximate surface area is 125 Å². The van der Waals surface area contributed by atoms with Gasteiger partial charge in [0, 0.05) is 23.4 Å². The van der Waals surface area contributed by atoms with Crippen LogP contribution in [0.4, 0.5) is 5.13 Å². The minimum absolute atomic E-state index is 0.0924. The summed E-state index contributed by atoms with van der Waals surface area (Å²) < 4.78 is 0. The zero-order valence-corrected chi connectivity index (χ0v) is 12.3. The number of carbonyl (C=O) groups is 2. The summed E-state index contributed by atoms with van der Waals surface area (Å²) >= 11 is 7.04. The molecule has 5 nitrogen and oxygen atoms in total. The molecule has 0 bridgehead atoms. The Balaban J connectivity index is 1.84.